The van der Waals surface area contributed by atoms with Gasteiger partial charge in [0, 0.05) is 37.2 Å². The Morgan fingerprint density at radius 2 is 0.386 bits per heavy atom. The Morgan fingerprint density at radius 1 is 0.250 bits per heavy atom. The minimum absolute atomic E-state index is 0. The van der Waals surface area contributed by atoms with Gasteiger partial charge in [-0.15, -0.1) is 0 Å². The zero-order valence-corrected chi connectivity index (χ0v) is 26.3. The van der Waals surface area contributed by atoms with Crippen LogP contribution in [-0.4, -0.2) is 51.8 Å². The number of nitrogens with zero attached hydrogens (tertiary/aromatic N) is 6. The zero-order chi connectivity index (χ0) is 24.7. The van der Waals surface area contributed by atoms with Crippen LogP contribution in [0.3, 0.4) is 0 Å². The van der Waals surface area contributed by atoms with Crippen LogP contribution < -0.4 is 37.2 Å². The van der Waals surface area contributed by atoms with Crippen LogP contribution >= 0.6 is 0 Å². The maximum atomic E-state index is 4.19. The Morgan fingerprint density at radius 3 is 0.477 bits per heavy atom. The molecule has 10 nitrogen and oxygen atoms in total. The van der Waals surface area contributed by atoms with Crippen molar-refractivity contribution in [3.05, 3.63) is 146 Å². The predicted molar refractivity (Wildman–Crippen MR) is 157 cm³/mol. The minimum atomic E-state index is 0. The Kier molecular flexibility index (Phi) is 33.0. The summed E-state index contributed by atoms with van der Waals surface area (Å²) >= 11 is 0. The summed E-state index contributed by atoms with van der Waals surface area (Å²) in [6.45, 7) is 0. The molecule has 0 bridgehead atoms. The molecule has 0 aromatic carbocycles. The number of hydrogen-bond acceptors (Lipinski definition) is 6. The van der Waals surface area contributed by atoms with E-state index in [1.807, 2.05) is 109 Å². The molecule has 0 radical (unpaired) electrons. The summed E-state index contributed by atoms with van der Waals surface area (Å²) < 4.78 is 0. The summed E-state index contributed by atoms with van der Waals surface area (Å²) in [5.41, 5.74) is 5.49. The van der Waals surface area contributed by atoms with Gasteiger partial charge in [0.2, 0.25) is 0 Å². The third-order valence-corrected chi connectivity index (χ3v) is 4.78. The Labute approximate surface area is 285 Å². The average molecular weight is 706 g/mol. The maximum Gasteiger partial charge on any atom is 3.00 e. The Hall–Kier alpha value is -3.88. The van der Waals surface area contributed by atoms with Crippen molar-refractivity contribution < 1.29 is 75.9 Å². The molecule has 0 aliphatic heterocycles. The van der Waals surface area contributed by atoms with Gasteiger partial charge in [-0.2, -0.15) is 0 Å². The van der Waals surface area contributed by atoms with Gasteiger partial charge in [0.05, 0.1) is 34.2 Å². The van der Waals surface area contributed by atoms with E-state index in [2.05, 4.69) is 29.9 Å². The SMILES string of the molecule is O.O.O.O.[Cl-].[Cl-].[Cl-].[Co+3].c1ccc(-c2ccccn2)nc1.c1ccc(-c2ccccn2)nc1.c1ccc(-c2ccccn2)nc1. The molecular weight excluding hydrogens is 674 g/mol. The van der Waals surface area contributed by atoms with Crippen molar-refractivity contribution in [2.75, 3.05) is 0 Å². The van der Waals surface area contributed by atoms with Crippen LogP contribution in [0.2, 0.25) is 0 Å². The van der Waals surface area contributed by atoms with E-state index in [1.165, 1.54) is 0 Å². The smallest absolute Gasteiger partial charge is 1.00 e. The number of halogens is 3. The molecule has 6 heterocycles. The fourth-order valence-corrected chi connectivity index (χ4v) is 3.09. The second-order valence-corrected chi connectivity index (χ2v) is 7.29. The van der Waals surface area contributed by atoms with E-state index in [0.29, 0.717) is 0 Å². The van der Waals surface area contributed by atoms with Crippen molar-refractivity contribution in [3.63, 3.8) is 0 Å². The summed E-state index contributed by atoms with van der Waals surface area (Å²) in [4.78, 5) is 25.1. The molecule has 0 aliphatic rings. The monoisotopic (exact) mass is 704 g/mol. The molecule has 6 rings (SSSR count). The number of hydrogen-bond donors (Lipinski definition) is 0. The van der Waals surface area contributed by atoms with Gasteiger partial charge in [0.15, 0.2) is 0 Å². The van der Waals surface area contributed by atoms with Crippen molar-refractivity contribution in [2.24, 2.45) is 0 Å². The predicted octanol–water partition coefficient (Wildman–Crippen LogP) is -5.86. The second-order valence-electron chi connectivity index (χ2n) is 7.29. The maximum absolute atomic E-state index is 4.19. The van der Waals surface area contributed by atoms with Crippen molar-refractivity contribution in [3.8, 4) is 34.2 Å². The molecule has 0 aliphatic carbocycles. The first-order valence-corrected chi connectivity index (χ1v) is 11.4. The molecule has 0 saturated carbocycles. The zero-order valence-electron chi connectivity index (χ0n) is 23.0. The fraction of sp³-hybridized carbons (Fsp3) is 0. The van der Waals surface area contributed by atoms with Crippen LogP contribution in [0.25, 0.3) is 34.2 Å². The van der Waals surface area contributed by atoms with Gasteiger partial charge in [-0.25, -0.2) is 0 Å². The standard InChI is InChI=1S/3C10H8N2.3ClH.Co.4H2O/c3*1-3-7-11-9(5-1)10-6-2-4-8-12-10;;;;;;;;/h3*1-8H;3*1H;;4*1H2/q;;;;;;+3;;;;/p-3. The van der Waals surface area contributed by atoms with Gasteiger partial charge >= 0.3 is 16.8 Å². The van der Waals surface area contributed by atoms with Gasteiger partial charge < -0.3 is 59.1 Å². The first-order chi connectivity index (χ1) is 17.9. The van der Waals surface area contributed by atoms with Gasteiger partial charge in [-0.1, -0.05) is 36.4 Å². The molecule has 0 saturated heterocycles. The average Bonchev–Trinajstić information content (AvgIpc) is 3.01. The number of pyridine rings is 6. The van der Waals surface area contributed by atoms with Crippen LogP contribution in [-0.2, 0) is 16.8 Å². The van der Waals surface area contributed by atoms with Crippen molar-refractivity contribution in [1.82, 2.24) is 29.9 Å². The molecule has 44 heavy (non-hydrogen) atoms. The van der Waals surface area contributed by atoms with Crippen LogP contribution in [0.4, 0.5) is 0 Å². The Balaban J connectivity index is -0.000000158. The van der Waals surface area contributed by atoms with Gasteiger partial charge in [-0.3, -0.25) is 29.9 Å². The third kappa shape index (κ3) is 16.7. The Bertz CT molecular complexity index is 1140. The van der Waals surface area contributed by atoms with Gasteiger partial charge in [0.1, 0.15) is 0 Å². The molecule has 6 aromatic heterocycles. The third-order valence-electron chi connectivity index (χ3n) is 4.78. The summed E-state index contributed by atoms with van der Waals surface area (Å²) in [5, 5.41) is 0. The number of aromatic nitrogens is 6. The first kappa shape index (κ1) is 49.8. The van der Waals surface area contributed by atoms with E-state index in [0.717, 1.165) is 34.2 Å². The molecule has 236 valence electrons. The summed E-state index contributed by atoms with van der Waals surface area (Å²) in [5.74, 6) is 0. The van der Waals surface area contributed by atoms with Crippen molar-refractivity contribution in [1.29, 1.82) is 0 Å². The molecule has 0 fully saturated rings. The topological polar surface area (TPSA) is 203 Å². The van der Waals surface area contributed by atoms with E-state index < -0.39 is 0 Å². The molecule has 0 amide bonds. The van der Waals surface area contributed by atoms with Gasteiger partial charge in [0.25, 0.3) is 0 Å². The molecule has 8 N–H and O–H groups in total. The van der Waals surface area contributed by atoms with E-state index >= 15 is 0 Å². The van der Waals surface area contributed by atoms with E-state index in [1.54, 1.807) is 37.2 Å². The van der Waals surface area contributed by atoms with Crippen LogP contribution in [0.1, 0.15) is 0 Å². The first-order valence-electron chi connectivity index (χ1n) is 11.4. The molecule has 0 spiro atoms. The van der Waals surface area contributed by atoms with E-state index in [-0.39, 0.29) is 75.9 Å². The molecule has 0 atom stereocenters. The minimum Gasteiger partial charge on any atom is -1.00 e. The van der Waals surface area contributed by atoms with Crippen LogP contribution in [0, 0.1) is 0 Å². The fourth-order valence-electron chi connectivity index (χ4n) is 3.09. The van der Waals surface area contributed by atoms with Crippen molar-refractivity contribution in [2.45, 2.75) is 0 Å². The molecule has 0 unspecified atom stereocenters. The van der Waals surface area contributed by atoms with Crippen LogP contribution in [0.5, 0.6) is 0 Å². The van der Waals surface area contributed by atoms with Crippen molar-refractivity contribution >= 4 is 0 Å². The van der Waals surface area contributed by atoms with Crippen LogP contribution in [0.15, 0.2) is 146 Å². The molecule has 6 aromatic rings. The summed E-state index contributed by atoms with van der Waals surface area (Å²) in [6.07, 6.45) is 10.6. The molecule has 14 heteroatoms. The molecular formula is C30H32Cl3CoN6O4. The quantitative estimate of drug-likeness (QED) is 0.175. The van der Waals surface area contributed by atoms with E-state index in [9.17, 15) is 0 Å². The normalized spacial score (nSPS) is 7.91. The second kappa shape index (κ2) is 29.2. The largest absolute Gasteiger partial charge is 3.00 e. The van der Waals surface area contributed by atoms with Gasteiger partial charge in [-0.05, 0) is 72.8 Å². The summed E-state index contributed by atoms with van der Waals surface area (Å²) in [6, 6.07) is 34.8. The summed E-state index contributed by atoms with van der Waals surface area (Å²) in [7, 11) is 0. The number of rotatable bonds is 3. The van der Waals surface area contributed by atoms with E-state index in [4.69, 9.17) is 0 Å².